The fraction of sp³-hybridized carbons (Fsp3) is 0.0769. The first-order valence-electron chi connectivity index (χ1n) is 4.90. The van der Waals surface area contributed by atoms with Gasteiger partial charge >= 0.3 is 31.1 Å². The van der Waals surface area contributed by atoms with E-state index in [1.165, 1.54) is 12.1 Å². The van der Waals surface area contributed by atoms with Crippen LogP contribution in [0.5, 0.6) is 0 Å². The van der Waals surface area contributed by atoms with E-state index in [1.807, 2.05) is 12.1 Å². The molecule has 84 valence electrons. The number of benzene rings is 1. The molecule has 0 aliphatic rings. The van der Waals surface area contributed by atoms with Crippen molar-refractivity contribution in [3.05, 3.63) is 67.2 Å². The van der Waals surface area contributed by atoms with Gasteiger partial charge in [-0.3, -0.25) is 12.0 Å². The van der Waals surface area contributed by atoms with Crippen LogP contribution < -0.4 is 4.90 Å². The molecule has 0 radical (unpaired) electrons. The van der Waals surface area contributed by atoms with Gasteiger partial charge in [0.2, 0.25) is 0 Å². The Morgan fingerprint density at radius 2 is 2.24 bits per heavy atom. The largest absolute Gasteiger partial charge is 2.00 e. The van der Waals surface area contributed by atoms with E-state index in [4.69, 9.17) is 0 Å². The van der Waals surface area contributed by atoms with Crippen LogP contribution in [-0.2, 0) is 6.54 Å². The number of aromatic nitrogens is 1. The number of anilines is 1. The fourth-order valence-corrected chi connectivity index (χ4v) is 1.41. The zero-order valence-corrected chi connectivity index (χ0v) is 13.4. The summed E-state index contributed by atoms with van der Waals surface area (Å²) in [5, 5.41) is 0. The van der Waals surface area contributed by atoms with Crippen LogP contribution >= 0.6 is 0 Å². The Balaban J connectivity index is 0.00000144. The molecule has 0 N–H and O–H groups in total. The van der Waals surface area contributed by atoms with Crippen molar-refractivity contribution >= 4 is 5.69 Å². The van der Waals surface area contributed by atoms with Crippen molar-refractivity contribution in [3.8, 4) is 0 Å². The van der Waals surface area contributed by atoms with Crippen molar-refractivity contribution in [2.45, 2.75) is 6.54 Å². The summed E-state index contributed by atoms with van der Waals surface area (Å²) in [6.45, 7) is 0.503. The number of hydrogen-bond acceptors (Lipinski definition) is 2. The van der Waals surface area contributed by atoms with Gasteiger partial charge in [-0.05, 0) is 18.7 Å². The van der Waals surface area contributed by atoms with Crippen LogP contribution in [0.25, 0.3) is 0 Å². The average Bonchev–Trinajstić information content (AvgIpc) is 2.30. The van der Waals surface area contributed by atoms with Crippen molar-refractivity contribution in [2.75, 3.05) is 4.90 Å². The first kappa shape index (κ1) is 14.2. The first-order chi connectivity index (χ1) is 7.75. The van der Waals surface area contributed by atoms with Gasteiger partial charge in [0.05, 0.1) is 0 Å². The van der Waals surface area contributed by atoms with Crippen molar-refractivity contribution in [1.29, 1.82) is 0 Å². The molecule has 2 rings (SSSR count). The Bertz CT molecular complexity index is 462. The Morgan fingerprint density at radius 1 is 1.41 bits per heavy atom. The van der Waals surface area contributed by atoms with Gasteiger partial charge in [0.25, 0.3) is 0 Å². The second-order valence-corrected chi connectivity index (χ2v) is 3.44. The van der Waals surface area contributed by atoms with Crippen LogP contribution in [-0.4, -0.2) is 4.98 Å². The van der Waals surface area contributed by atoms with Crippen molar-refractivity contribution in [2.24, 2.45) is 0 Å². The van der Waals surface area contributed by atoms with Gasteiger partial charge in [0.15, 0.2) is 0 Å². The molecule has 0 atom stereocenters. The predicted molar refractivity (Wildman–Crippen MR) is 61.0 cm³/mol. The Labute approximate surface area is 124 Å². The maximum atomic E-state index is 12.9. The van der Waals surface area contributed by atoms with Crippen LogP contribution in [0.2, 0.25) is 0 Å². The molecular formula is C13H11FN2U. The molecule has 0 aliphatic heterocycles. The number of halogens is 1. The minimum absolute atomic E-state index is 0. The van der Waals surface area contributed by atoms with Gasteiger partial charge in [-0.15, -0.1) is 17.7 Å². The minimum atomic E-state index is -0.256. The van der Waals surface area contributed by atoms with E-state index in [0.717, 1.165) is 11.3 Å². The SMILES string of the molecule is [CH2-]N(Cc1[c-]ccc(F)c1)c1cccnc1.[U+2]. The topological polar surface area (TPSA) is 16.1 Å². The van der Waals surface area contributed by atoms with Crippen molar-refractivity contribution in [1.82, 2.24) is 4.98 Å². The van der Waals surface area contributed by atoms with Crippen LogP contribution in [0.4, 0.5) is 10.1 Å². The molecule has 2 aromatic rings. The zero-order chi connectivity index (χ0) is 11.4. The molecular weight excluding hydrogens is 441 g/mol. The smallest absolute Gasteiger partial charge is 0.522 e. The molecule has 0 spiro atoms. The first-order valence-corrected chi connectivity index (χ1v) is 4.90. The average molecular weight is 452 g/mol. The zero-order valence-electron chi connectivity index (χ0n) is 9.23. The molecule has 1 aromatic carbocycles. The number of hydrogen-bond donors (Lipinski definition) is 0. The Morgan fingerprint density at radius 3 is 2.88 bits per heavy atom. The van der Waals surface area contributed by atoms with Crippen LogP contribution in [0.1, 0.15) is 5.56 Å². The van der Waals surface area contributed by atoms with E-state index >= 15 is 0 Å². The third kappa shape index (κ3) is 4.14. The second kappa shape index (κ2) is 6.78. The van der Waals surface area contributed by atoms with Gasteiger partial charge < -0.3 is 4.90 Å². The summed E-state index contributed by atoms with van der Waals surface area (Å²) in [6.07, 6.45) is 3.41. The molecule has 0 saturated carbocycles. The van der Waals surface area contributed by atoms with Crippen molar-refractivity contribution < 1.29 is 35.5 Å². The standard InChI is InChI=1S/C13H11FN2.U/c1-16(13-6-3-7-15-9-13)10-11-4-2-5-12(14)8-11;/h2-3,5-9H,1,10H2;/q-2;+2. The van der Waals surface area contributed by atoms with E-state index in [1.54, 1.807) is 23.4 Å². The van der Waals surface area contributed by atoms with E-state index < -0.39 is 0 Å². The minimum Gasteiger partial charge on any atom is -0.522 e. The number of rotatable bonds is 3. The predicted octanol–water partition coefficient (Wildman–Crippen LogP) is 2.82. The van der Waals surface area contributed by atoms with Gasteiger partial charge in [-0.2, -0.15) is 12.1 Å². The van der Waals surface area contributed by atoms with Gasteiger partial charge in [0, 0.05) is 23.9 Å². The summed E-state index contributed by atoms with van der Waals surface area (Å²) >= 11 is 0. The summed E-state index contributed by atoms with van der Waals surface area (Å²) in [4.78, 5) is 5.75. The quantitative estimate of drug-likeness (QED) is 0.667. The van der Waals surface area contributed by atoms with E-state index in [2.05, 4.69) is 18.1 Å². The molecule has 0 unspecified atom stereocenters. The summed E-state index contributed by atoms with van der Waals surface area (Å²) in [5.74, 6) is -0.256. The normalized spacial score (nSPS) is 9.53. The Kier molecular flexibility index (Phi) is 5.67. The third-order valence-corrected chi connectivity index (χ3v) is 2.20. The van der Waals surface area contributed by atoms with Crippen LogP contribution in [0.3, 0.4) is 0 Å². The van der Waals surface area contributed by atoms with Gasteiger partial charge in [-0.1, -0.05) is 0 Å². The fourth-order valence-electron chi connectivity index (χ4n) is 1.41. The van der Waals surface area contributed by atoms with Crippen molar-refractivity contribution in [3.63, 3.8) is 0 Å². The summed E-state index contributed by atoms with van der Waals surface area (Å²) in [6, 6.07) is 11.1. The molecule has 0 aliphatic carbocycles. The maximum absolute atomic E-state index is 12.9. The molecule has 4 heteroatoms. The molecule has 0 amide bonds. The monoisotopic (exact) mass is 452 g/mol. The molecule has 0 saturated heterocycles. The molecule has 1 heterocycles. The van der Waals surface area contributed by atoms with E-state index in [9.17, 15) is 4.39 Å². The van der Waals surface area contributed by atoms with Crippen LogP contribution in [0.15, 0.2) is 42.7 Å². The second-order valence-electron chi connectivity index (χ2n) is 3.44. The molecule has 0 fully saturated rings. The number of nitrogens with zero attached hydrogens (tertiary/aromatic N) is 2. The summed E-state index contributed by atoms with van der Waals surface area (Å²) < 4.78 is 12.9. The third-order valence-electron chi connectivity index (χ3n) is 2.20. The molecule has 0 bridgehead atoms. The van der Waals surface area contributed by atoms with E-state index in [-0.39, 0.29) is 36.9 Å². The van der Waals surface area contributed by atoms with E-state index in [0.29, 0.717) is 6.54 Å². The summed E-state index contributed by atoms with van der Waals surface area (Å²) in [7, 11) is 3.88. The summed E-state index contributed by atoms with van der Waals surface area (Å²) in [5.41, 5.74) is 1.65. The Hall–Kier alpha value is -0.848. The van der Waals surface area contributed by atoms with Gasteiger partial charge in [0.1, 0.15) is 0 Å². The van der Waals surface area contributed by atoms with Crippen LogP contribution in [0, 0.1) is 50.0 Å². The molecule has 1 aromatic heterocycles. The molecule has 2 nitrogen and oxygen atoms in total. The maximum Gasteiger partial charge on any atom is 2.00 e. The molecule has 17 heavy (non-hydrogen) atoms. The van der Waals surface area contributed by atoms with Gasteiger partial charge in [-0.25, -0.2) is 4.39 Å². The number of pyridine rings is 1.